The van der Waals surface area contributed by atoms with Gasteiger partial charge in [0.1, 0.15) is 17.2 Å². The van der Waals surface area contributed by atoms with Gasteiger partial charge in [-0.05, 0) is 19.0 Å². The number of likely N-dealkylation sites (N-methyl/N-ethyl adjacent to an activating group) is 1. The second-order valence-corrected chi connectivity index (χ2v) is 6.87. The highest BCUT2D eigenvalue weighted by molar-refractivity contribution is 5.90. The summed E-state index contributed by atoms with van der Waals surface area (Å²) in [5.41, 5.74) is 0.0830. The Hall–Kier alpha value is -2.14. The van der Waals surface area contributed by atoms with Crippen molar-refractivity contribution in [3.63, 3.8) is 0 Å². The number of halogens is 2. The highest BCUT2D eigenvalue weighted by Crippen LogP contribution is 2.25. The zero-order chi connectivity index (χ0) is 20.6. The lowest BCUT2D eigenvalue weighted by Crippen LogP contribution is -2.37. The molecule has 10 heteroatoms. The molecule has 0 radical (unpaired) electrons. The lowest BCUT2D eigenvalue weighted by Gasteiger charge is -2.26. The van der Waals surface area contributed by atoms with E-state index in [2.05, 4.69) is 25.5 Å². The molecule has 0 amide bonds. The smallest absolute Gasteiger partial charge is 0.225 e. The Balaban J connectivity index is 1.67. The molecule has 1 aromatic carbocycles. The van der Waals surface area contributed by atoms with Crippen LogP contribution >= 0.6 is 0 Å². The van der Waals surface area contributed by atoms with E-state index < -0.39 is 11.6 Å². The number of anilines is 2. The van der Waals surface area contributed by atoms with Crippen LogP contribution in [0, 0.1) is 11.6 Å². The van der Waals surface area contributed by atoms with Crippen molar-refractivity contribution in [2.75, 3.05) is 77.3 Å². The summed E-state index contributed by atoms with van der Waals surface area (Å²) in [4.78, 5) is 16.1. The summed E-state index contributed by atoms with van der Waals surface area (Å²) in [7, 11) is 3.37. The summed E-state index contributed by atoms with van der Waals surface area (Å²) in [5, 5.41) is 8.22. The zero-order valence-electron chi connectivity index (χ0n) is 16.9. The minimum atomic E-state index is -0.712. The topological polar surface area (TPSA) is 74.8 Å². The number of nitrogens with one attached hydrogen (secondary N) is 2. The maximum absolute atomic E-state index is 14.3. The van der Waals surface area contributed by atoms with Gasteiger partial charge in [0.05, 0.1) is 20.3 Å². The van der Waals surface area contributed by atoms with Gasteiger partial charge in [0.15, 0.2) is 5.82 Å². The van der Waals surface area contributed by atoms with E-state index in [0.29, 0.717) is 36.8 Å². The Morgan fingerprint density at radius 1 is 1.17 bits per heavy atom. The third-order valence-electron chi connectivity index (χ3n) is 4.79. The number of nitrogens with zero attached hydrogens (tertiary/aromatic N) is 4. The number of rotatable bonds is 10. The third-order valence-corrected chi connectivity index (χ3v) is 4.79. The molecule has 160 valence electrons. The van der Waals surface area contributed by atoms with Crippen molar-refractivity contribution in [3.8, 4) is 0 Å². The van der Waals surface area contributed by atoms with Gasteiger partial charge in [-0.1, -0.05) is 0 Å². The predicted octanol–water partition coefficient (Wildman–Crippen LogP) is 1.95. The van der Waals surface area contributed by atoms with Crippen LogP contribution in [0.1, 0.15) is 6.42 Å². The van der Waals surface area contributed by atoms with Crippen LogP contribution in [0.2, 0.25) is 0 Å². The molecule has 1 saturated heterocycles. The number of fused-ring (bicyclic) bond motifs is 1. The van der Waals surface area contributed by atoms with E-state index in [1.165, 1.54) is 6.07 Å². The van der Waals surface area contributed by atoms with Crippen molar-refractivity contribution < 1.29 is 18.4 Å². The van der Waals surface area contributed by atoms with Crippen LogP contribution in [-0.4, -0.2) is 86.6 Å². The fourth-order valence-corrected chi connectivity index (χ4v) is 3.12. The first kappa shape index (κ1) is 21.6. The van der Waals surface area contributed by atoms with Gasteiger partial charge in [-0.15, -0.1) is 0 Å². The Morgan fingerprint density at radius 2 is 1.97 bits per heavy atom. The standard InChI is InChI=1S/C19H28F2N6O2/c1-26(28-2)7-5-22-18-15-12-14(20)13-16(21)17(15)24-19(25-18)23-4-3-6-27-8-10-29-11-9-27/h12-13H,3-11H2,1-2H3,(H2,22,23,24,25). The molecule has 2 aromatic rings. The summed E-state index contributed by atoms with van der Waals surface area (Å²) in [6.07, 6.45) is 0.898. The van der Waals surface area contributed by atoms with Gasteiger partial charge in [-0.3, -0.25) is 4.90 Å². The maximum atomic E-state index is 14.3. The fraction of sp³-hybridized carbons (Fsp3) is 0.579. The van der Waals surface area contributed by atoms with Gasteiger partial charge >= 0.3 is 0 Å². The average molecular weight is 410 g/mol. The summed E-state index contributed by atoms with van der Waals surface area (Å²) in [5.74, 6) is -0.682. The van der Waals surface area contributed by atoms with Gasteiger partial charge in [0.2, 0.25) is 5.95 Å². The van der Waals surface area contributed by atoms with Crippen molar-refractivity contribution in [1.29, 1.82) is 0 Å². The van der Waals surface area contributed by atoms with E-state index in [9.17, 15) is 8.78 Å². The van der Waals surface area contributed by atoms with Gasteiger partial charge in [0.25, 0.3) is 0 Å². The Labute approximate surface area is 169 Å². The molecule has 0 unspecified atom stereocenters. The molecule has 0 saturated carbocycles. The molecule has 0 spiro atoms. The SMILES string of the molecule is CON(C)CCNc1nc(NCCCN2CCOCC2)nc2c(F)cc(F)cc12. The van der Waals surface area contributed by atoms with Gasteiger partial charge < -0.3 is 20.2 Å². The molecule has 0 bridgehead atoms. The fourth-order valence-electron chi connectivity index (χ4n) is 3.12. The van der Waals surface area contributed by atoms with Gasteiger partial charge in [-0.2, -0.15) is 10.0 Å². The van der Waals surface area contributed by atoms with E-state index in [-0.39, 0.29) is 5.52 Å². The second-order valence-electron chi connectivity index (χ2n) is 6.87. The molecule has 0 aliphatic carbocycles. The van der Waals surface area contributed by atoms with E-state index in [0.717, 1.165) is 45.3 Å². The predicted molar refractivity (Wildman–Crippen MR) is 108 cm³/mol. The van der Waals surface area contributed by atoms with E-state index >= 15 is 0 Å². The summed E-state index contributed by atoms with van der Waals surface area (Å²) in [6, 6.07) is 2.07. The van der Waals surface area contributed by atoms with Crippen molar-refractivity contribution in [3.05, 3.63) is 23.8 Å². The van der Waals surface area contributed by atoms with Crippen molar-refractivity contribution in [2.24, 2.45) is 0 Å². The van der Waals surface area contributed by atoms with Crippen LogP contribution in [0.5, 0.6) is 0 Å². The molecule has 1 aliphatic heterocycles. The molecule has 2 heterocycles. The lowest BCUT2D eigenvalue weighted by atomic mass is 10.2. The van der Waals surface area contributed by atoms with Crippen LogP contribution in [0.4, 0.5) is 20.5 Å². The highest BCUT2D eigenvalue weighted by atomic mass is 19.1. The first-order chi connectivity index (χ1) is 14.1. The van der Waals surface area contributed by atoms with Crippen molar-refractivity contribution in [1.82, 2.24) is 19.9 Å². The van der Waals surface area contributed by atoms with Crippen LogP contribution < -0.4 is 10.6 Å². The van der Waals surface area contributed by atoms with Gasteiger partial charge in [-0.25, -0.2) is 13.8 Å². The summed E-state index contributed by atoms with van der Waals surface area (Å²) in [6.45, 7) is 6.07. The van der Waals surface area contributed by atoms with E-state index in [4.69, 9.17) is 9.57 Å². The quantitative estimate of drug-likeness (QED) is 0.455. The van der Waals surface area contributed by atoms with E-state index in [1.807, 2.05) is 0 Å². The van der Waals surface area contributed by atoms with Crippen LogP contribution in [0.15, 0.2) is 12.1 Å². The van der Waals surface area contributed by atoms with E-state index in [1.54, 1.807) is 19.2 Å². The summed E-state index contributed by atoms with van der Waals surface area (Å²) >= 11 is 0. The average Bonchev–Trinajstić information content (AvgIpc) is 2.72. The molecule has 29 heavy (non-hydrogen) atoms. The van der Waals surface area contributed by atoms with Gasteiger partial charge in [0, 0.05) is 51.2 Å². The number of ether oxygens (including phenoxy) is 1. The molecule has 1 aliphatic rings. The number of hydrogen-bond acceptors (Lipinski definition) is 8. The van der Waals surface area contributed by atoms with Crippen LogP contribution in [0.25, 0.3) is 10.9 Å². The molecule has 2 N–H and O–H groups in total. The lowest BCUT2D eigenvalue weighted by molar-refractivity contribution is -0.105. The normalized spacial score (nSPS) is 15.2. The molecular weight excluding hydrogens is 382 g/mol. The highest BCUT2D eigenvalue weighted by Gasteiger charge is 2.14. The largest absolute Gasteiger partial charge is 0.379 e. The Morgan fingerprint density at radius 3 is 2.72 bits per heavy atom. The monoisotopic (exact) mass is 410 g/mol. The Bertz CT molecular complexity index is 804. The number of aromatic nitrogens is 2. The number of hydroxylamine groups is 2. The first-order valence-corrected chi connectivity index (χ1v) is 9.76. The zero-order valence-corrected chi connectivity index (χ0v) is 16.9. The number of hydrogen-bond donors (Lipinski definition) is 2. The maximum Gasteiger partial charge on any atom is 0.225 e. The minimum absolute atomic E-state index is 0.0830. The molecular formula is C19H28F2N6O2. The number of morpholine rings is 1. The third kappa shape index (κ3) is 6.17. The molecule has 0 atom stereocenters. The molecule has 1 aromatic heterocycles. The summed E-state index contributed by atoms with van der Waals surface area (Å²) < 4.78 is 33.4. The number of benzene rings is 1. The second kappa shape index (κ2) is 10.6. The molecule has 8 nitrogen and oxygen atoms in total. The van der Waals surface area contributed by atoms with Crippen LogP contribution in [-0.2, 0) is 9.57 Å². The molecule has 3 rings (SSSR count). The van der Waals surface area contributed by atoms with Crippen molar-refractivity contribution >= 4 is 22.7 Å². The Kier molecular flexibility index (Phi) is 7.87. The van der Waals surface area contributed by atoms with Crippen LogP contribution in [0.3, 0.4) is 0 Å². The molecule has 1 fully saturated rings. The minimum Gasteiger partial charge on any atom is -0.379 e. The first-order valence-electron chi connectivity index (χ1n) is 9.76. The van der Waals surface area contributed by atoms with Crippen molar-refractivity contribution in [2.45, 2.75) is 6.42 Å².